The lowest BCUT2D eigenvalue weighted by Crippen LogP contribution is -2.37. The molecule has 0 aromatic heterocycles. The van der Waals surface area contributed by atoms with E-state index in [1.165, 1.54) is 22.3 Å². The highest BCUT2D eigenvalue weighted by molar-refractivity contribution is 5.41. The molecule has 0 saturated carbocycles. The molecular formula is C18H21N. The van der Waals surface area contributed by atoms with E-state index in [1.807, 2.05) is 0 Å². The van der Waals surface area contributed by atoms with Crippen LogP contribution in [0.4, 0.5) is 0 Å². The van der Waals surface area contributed by atoms with Crippen molar-refractivity contribution in [1.29, 1.82) is 0 Å². The fourth-order valence-corrected chi connectivity index (χ4v) is 3.01. The van der Waals surface area contributed by atoms with Gasteiger partial charge >= 0.3 is 0 Å². The van der Waals surface area contributed by atoms with E-state index in [-0.39, 0.29) is 6.04 Å². The monoisotopic (exact) mass is 251 g/mol. The molecule has 2 aromatic carbocycles. The Hall–Kier alpha value is -1.60. The molecule has 2 atom stereocenters. The van der Waals surface area contributed by atoms with Crippen molar-refractivity contribution in [3.05, 3.63) is 70.8 Å². The van der Waals surface area contributed by atoms with E-state index in [1.54, 1.807) is 0 Å². The number of benzene rings is 2. The summed E-state index contributed by atoms with van der Waals surface area (Å²) < 4.78 is 0. The zero-order valence-electron chi connectivity index (χ0n) is 11.5. The first kappa shape index (κ1) is 12.4. The van der Waals surface area contributed by atoms with Gasteiger partial charge in [0.15, 0.2) is 0 Å². The number of hydrogen-bond acceptors (Lipinski definition) is 1. The molecule has 0 radical (unpaired) electrons. The van der Waals surface area contributed by atoms with Crippen LogP contribution in [0.3, 0.4) is 0 Å². The molecule has 0 spiro atoms. The molecule has 1 aliphatic carbocycles. The summed E-state index contributed by atoms with van der Waals surface area (Å²) in [5.74, 6) is 0.544. The Morgan fingerprint density at radius 2 is 1.74 bits per heavy atom. The maximum absolute atomic E-state index is 6.40. The van der Waals surface area contributed by atoms with Gasteiger partial charge in [-0.2, -0.15) is 0 Å². The van der Waals surface area contributed by atoms with E-state index in [0.29, 0.717) is 5.92 Å². The minimum absolute atomic E-state index is 0.238. The first-order chi connectivity index (χ1) is 9.28. The summed E-state index contributed by atoms with van der Waals surface area (Å²) in [6.45, 7) is 2.19. The maximum Gasteiger partial charge on any atom is 0.0152 e. The lowest BCUT2D eigenvalue weighted by Gasteiger charge is -2.34. The molecule has 0 amide bonds. The Morgan fingerprint density at radius 3 is 2.42 bits per heavy atom. The zero-order chi connectivity index (χ0) is 13.2. The zero-order valence-corrected chi connectivity index (χ0v) is 11.5. The van der Waals surface area contributed by atoms with Crippen molar-refractivity contribution in [3.8, 4) is 0 Å². The van der Waals surface area contributed by atoms with E-state index >= 15 is 0 Å². The molecule has 1 aliphatic rings. The van der Waals surface area contributed by atoms with Crippen LogP contribution in [0, 0.1) is 0 Å². The molecule has 1 heteroatoms. The standard InChI is InChI=1S/C18H21N/c1-2-13-7-9-14(10-8-13)11-18(19)17-12-15-5-3-4-6-16(15)17/h3-10,17-18H,2,11-12,19H2,1H3. The molecular weight excluding hydrogens is 230 g/mol. The van der Waals surface area contributed by atoms with E-state index in [0.717, 1.165) is 19.3 Å². The van der Waals surface area contributed by atoms with Crippen molar-refractivity contribution >= 4 is 0 Å². The molecule has 19 heavy (non-hydrogen) atoms. The Bertz CT molecular complexity index is 556. The second-order valence-electron chi connectivity index (χ2n) is 5.55. The smallest absolute Gasteiger partial charge is 0.0152 e. The highest BCUT2D eigenvalue weighted by Gasteiger charge is 2.30. The van der Waals surface area contributed by atoms with E-state index in [4.69, 9.17) is 5.73 Å². The van der Waals surface area contributed by atoms with Gasteiger partial charge in [0.2, 0.25) is 0 Å². The molecule has 98 valence electrons. The molecule has 2 unspecified atom stereocenters. The highest BCUT2D eigenvalue weighted by Crippen LogP contribution is 2.37. The first-order valence-electron chi connectivity index (χ1n) is 7.19. The van der Waals surface area contributed by atoms with Gasteiger partial charge in [-0.15, -0.1) is 0 Å². The van der Waals surface area contributed by atoms with Gasteiger partial charge in [-0.3, -0.25) is 0 Å². The maximum atomic E-state index is 6.40. The third-order valence-electron chi connectivity index (χ3n) is 4.31. The Kier molecular flexibility index (Phi) is 3.39. The van der Waals surface area contributed by atoms with E-state index in [2.05, 4.69) is 55.5 Å². The van der Waals surface area contributed by atoms with Gasteiger partial charge in [-0.25, -0.2) is 0 Å². The van der Waals surface area contributed by atoms with E-state index < -0.39 is 0 Å². The van der Waals surface area contributed by atoms with Gasteiger partial charge in [0.25, 0.3) is 0 Å². The van der Waals surface area contributed by atoms with Crippen LogP contribution in [0.25, 0.3) is 0 Å². The van der Waals surface area contributed by atoms with Gasteiger partial charge in [-0.05, 0) is 41.5 Å². The van der Waals surface area contributed by atoms with Gasteiger partial charge < -0.3 is 5.73 Å². The van der Waals surface area contributed by atoms with Crippen LogP contribution in [0.1, 0.15) is 35.1 Å². The Balaban J connectivity index is 1.67. The topological polar surface area (TPSA) is 26.0 Å². The van der Waals surface area contributed by atoms with Gasteiger partial charge in [0.1, 0.15) is 0 Å². The molecule has 0 fully saturated rings. The minimum atomic E-state index is 0.238. The molecule has 0 saturated heterocycles. The van der Waals surface area contributed by atoms with E-state index in [9.17, 15) is 0 Å². The van der Waals surface area contributed by atoms with Crippen LogP contribution in [0.15, 0.2) is 48.5 Å². The summed E-state index contributed by atoms with van der Waals surface area (Å²) in [6, 6.07) is 17.8. The van der Waals surface area contributed by atoms with Crippen LogP contribution in [-0.2, 0) is 19.3 Å². The normalized spacial score (nSPS) is 18.5. The summed E-state index contributed by atoms with van der Waals surface area (Å²) in [5.41, 5.74) is 12.1. The van der Waals surface area contributed by atoms with Gasteiger partial charge in [-0.1, -0.05) is 55.5 Å². The van der Waals surface area contributed by atoms with Crippen LogP contribution in [0.2, 0.25) is 0 Å². The Morgan fingerprint density at radius 1 is 1.05 bits per heavy atom. The number of rotatable bonds is 4. The summed E-state index contributed by atoms with van der Waals surface area (Å²) in [6.07, 6.45) is 3.22. The number of fused-ring (bicyclic) bond motifs is 1. The summed E-state index contributed by atoms with van der Waals surface area (Å²) >= 11 is 0. The lowest BCUT2D eigenvalue weighted by molar-refractivity contribution is 0.480. The summed E-state index contributed by atoms with van der Waals surface area (Å²) in [5, 5.41) is 0. The van der Waals surface area contributed by atoms with Crippen molar-refractivity contribution in [2.75, 3.05) is 0 Å². The largest absolute Gasteiger partial charge is 0.327 e. The quantitative estimate of drug-likeness (QED) is 0.885. The summed E-state index contributed by atoms with van der Waals surface area (Å²) in [7, 11) is 0. The van der Waals surface area contributed by atoms with Gasteiger partial charge in [0, 0.05) is 12.0 Å². The average Bonchev–Trinajstić information content (AvgIpc) is 2.41. The third-order valence-corrected chi connectivity index (χ3v) is 4.31. The minimum Gasteiger partial charge on any atom is -0.327 e. The second kappa shape index (κ2) is 5.18. The lowest BCUT2D eigenvalue weighted by atomic mass is 9.72. The van der Waals surface area contributed by atoms with Crippen molar-refractivity contribution in [2.24, 2.45) is 5.73 Å². The summed E-state index contributed by atoms with van der Waals surface area (Å²) in [4.78, 5) is 0. The van der Waals surface area contributed by atoms with Crippen LogP contribution in [0.5, 0.6) is 0 Å². The van der Waals surface area contributed by atoms with Crippen LogP contribution in [-0.4, -0.2) is 6.04 Å². The first-order valence-corrected chi connectivity index (χ1v) is 7.19. The molecule has 0 bridgehead atoms. The molecule has 2 aromatic rings. The Labute approximate surface area is 115 Å². The van der Waals surface area contributed by atoms with Crippen molar-refractivity contribution < 1.29 is 0 Å². The second-order valence-corrected chi connectivity index (χ2v) is 5.55. The molecule has 0 aliphatic heterocycles. The van der Waals surface area contributed by atoms with Crippen molar-refractivity contribution in [2.45, 2.75) is 38.1 Å². The van der Waals surface area contributed by atoms with Crippen molar-refractivity contribution in [1.82, 2.24) is 0 Å². The molecule has 1 nitrogen and oxygen atoms in total. The molecule has 2 N–H and O–H groups in total. The fraction of sp³-hybridized carbons (Fsp3) is 0.333. The average molecular weight is 251 g/mol. The molecule has 3 rings (SSSR count). The fourth-order valence-electron chi connectivity index (χ4n) is 3.01. The predicted molar refractivity (Wildman–Crippen MR) is 80.4 cm³/mol. The number of aryl methyl sites for hydroxylation is 1. The number of nitrogens with two attached hydrogens (primary N) is 1. The third kappa shape index (κ3) is 2.43. The van der Waals surface area contributed by atoms with Gasteiger partial charge in [0.05, 0.1) is 0 Å². The van der Waals surface area contributed by atoms with Crippen molar-refractivity contribution in [3.63, 3.8) is 0 Å². The molecule has 0 heterocycles. The van der Waals surface area contributed by atoms with Crippen LogP contribution < -0.4 is 5.73 Å². The highest BCUT2D eigenvalue weighted by atomic mass is 14.7. The predicted octanol–water partition coefficient (Wildman–Crippen LogP) is 3.46. The SMILES string of the molecule is CCc1ccc(CC(N)C2Cc3ccccc32)cc1. The number of hydrogen-bond donors (Lipinski definition) is 1. The van der Waals surface area contributed by atoms with Crippen LogP contribution >= 0.6 is 0 Å².